The van der Waals surface area contributed by atoms with Crippen LogP contribution in [0.5, 0.6) is 11.7 Å². The van der Waals surface area contributed by atoms with Crippen molar-refractivity contribution in [2.45, 2.75) is 51.7 Å². The van der Waals surface area contributed by atoms with Crippen molar-refractivity contribution in [3.63, 3.8) is 0 Å². The summed E-state index contributed by atoms with van der Waals surface area (Å²) in [5, 5.41) is 6.71. The van der Waals surface area contributed by atoms with Crippen LogP contribution in [0.1, 0.15) is 38.7 Å². The first-order valence-corrected chi connectivity index (χ1v) is 14.1. The van der Waals surface area contributed by atoms with Crippen LogP contribution in [-0.4, -0.2) is 74.2 Å². The molecule has 0 radical (unpaired) electrons. The Kier molecular flexibility index (Phi) is 10.4. The molecular weight excluding hydrogens is 508 g/mol. The highest BCUT2D eigenvalue weighted by Gasteiger charge is 2.29. The quantitative estimate of drug-likeness (QED) is 0.299. The summed E-state index contributed by atoms with van der Waals surface area (Å²) in [4.78, 5) is 30.3. The average molecular weight is 551 g/mol. The molecular formula is C31H42N4O5. The van der Waals surface area contributed by atoms with Crippen LogP contribution in [0, 0.1) is 5.92 Å². The lowest BCUT2D eigenvalue weighted by Gasteiger charge is -2.22. The number of rotatable bonds is 13. The molecule has 1 saturated heterocycles. The van der Waals surface area contributed by atoms with E-state index < -0.39 is 12.1 Å². The van der Waals surface area contributed by atoms with E-state index in [9.17, 15) is 9.59 Å². The van der Waals surface area contributed by atoms with Gasteiger partial charge < -0.3 is 29.4 Å². The van der Waals surface area contributed by atoms with Crippen molar-refractivity contribution >= 4 is 23.0 Å². The minimum absolute atomic E-state index is 0.0228. The van der Waals surface area contributed by atoms with Gasteiger partial charge in [0.2, 0.25) is 5.91 Å². The Labute approximate surface area is 236 Å². The number of fused-ring (bicyclic) bond motifs is 1. The van der Waals surface area contributed by atoms with E-state index in [0.29, 0.717) is 18.6 Å². The van der Waals surface area contributed by atoms with E-state index in [1.54, 1.807) is 12.1 Å². The van der Waals surface area contributed by atoms with Crippen molar-refractivity contribution in [1.29, 1.82) is 0 Å². The third-order valence-corrected chi connectivity index (χ3v) is 6.88. The molecule has 0 spiro atoms. The molecule has 0 bridgehead atoms. The predicted octanol–water partition coefficient (Wildman–Crippen LogP) is 4.66. The SMILES string of the molecule is CC(C)C[C@H](NC(=O)Oc1cc2ccccc2o1)C(=O)N[C@H]1CCN(Cc2ccc(OCCCN(C)C)cc2)C1. The Hall–Kier alpha value is -3.56. The molecule has 0 aliphatic carbocycles. The van der Waals surface area contributed by atoms with E-state index in [-0.39, 0.29) is 23.8 Å². The fourth-order valence-corrected chi connectivity index (χ4v) is 4.89. The lowest BCUT2D eigenvalue weighted by atomic mass is 10.0. The number of ether oxygens (including phenoxy) is 2. The number of para-hydroxylation sites is 1. The predicted molar refractivity (Wildman–Crippen MR) is 156 cm³/mol. The first kappa shape index (κ1) is 29.4. The molecule has 4 rings (SSSR count). The van der Waals surface area contributed by atoms with Gasteiger partial charge in [0.1, 0.15) is 17.4 Å². The van der Waals surface area contributed by atoms with Gasteiger partial charge in [-0.3, -0.25) is 9.69 Å². The van der Waals surface area contributed by atoms with E-state index in [0.717, 1.165) is 50.2 Å². The molecule has 216 valence electrons. The fraction of sp³-hybridized carbons (Fsp3) is 0.484. The van der Waals surface area contributed by atoms with Crippen LogP contribution in [0.2, 0.25) is 0 Å². The molecule has 40 heavy (non-hydrogen) atoms. The number of hydrogen-bond acceptors (Lipinski definition) is 7. The topological polar surface area (TPSA) is 96.3 Å². The molecule has 1 aliphatic heterocycles. The Balaban J connectivity index is 1.23. The smallest absolute Gasteiger partial charge is 0.415 e. The minimum atomic E-state index is -0.710. The van der Waals surface area contributed by atoms with Gasteiger partial charge in [0, 0.05) is 43.7 Å². The molecule has 2 aromatic carbocycles. The summed E-state index contributed by atoms with van der Waals surface area (Å²) in [7, 11) is 4.12. The monoisotopic (exact) mass is 550 g/mol. The molecule has 2 N–H and O–H groups in total. The molecule has 0 saturated carbocycles. The van der Waals surface area contributed by atoms with Crippen LogP contribution in [0.25, 0.3) is 11.0 Å². The highest BCUT2D eigenvalue weighted by Crippen LogP contribution is 2.24. The first-order valence-electron chi connectivity index (χ1n) is 14.1. The summed E-state index contributed by atoms with van der Waals surface area (Å²) >= 11 is 0. The maximum Gasteiger partial charge on any atom is 0.415 e. The highest BCUT2D eigenvalue weighted by molar-refractivity contribution is 5.86. The minimum Gasteiger partial charge on any atom is -0.494 e. The number of nitrogens with zero attached hydrogens (tertiary/aromatic N) is 2. The van der Waals surface area contributed by atoms with Crippen LogP contribution in [0.4, 0.5) is 4.79 Å². The van der Waals surface area contributed by atoms with Gasteiger partial charge in [0.25, 0.3) is 5.95 Å². The molecule has 3 aromatic rings. The van der Waals surface area contributed by atoms with Crippen molar-refractivity contribution in [1.82, 2.24) is 20.4 Å². The Morgan fingerprint density at radius 1 is 1.12 bits per heavy atom. The Morgan fingerprint density at radius 3 is 2.62 bits per heavy atom. The van der Waals surface area contributed by atoms with E-state index in [1.807, 2.05) is 44.2 Å². The molecule has 1 aliphatic rings. The van der Waals surface area contributed by atoms with E-state index in [2.05, 4.69) is 46.7 Å². The molecule has 9 nitrogen and oxygen atoms in total. The summed E-state index contributed by atoms with van der Waals surface area (Å²) in [5.74, 6) is 0.995. The average Bonchev–Trinajstić information content (AvgIpc) is 3.52. The van der Waals surface area contributed by atoms with Crippen molar-refractivity contribution < 1.29 is 23.5 Å². The van der Waals surface area contributed by atoms with Crippen LogP contribution in [-0.2, 0) is 11.3 Å². The van der Waals surface area contributed by atoms with Crippen molar-refractivity contribution in [3.8, 4) is 11.7 Å². The zero-order chi connectivity index (χ0) is 28.5. The van der Waals surface area contributed by atoms with E-state index >= 15 is 0 Å². The number of carbonyl (C=O) groups is 2. The molecule has 9 heteroatoms. The number of furan rings is 1. The normalized spacial score (nSPS) is 16.4. The van der Waals surface area contributed by atoms with Crippen molar-refractivity contribution in [3.05, 3.63) is 60.2 Å². The second-order valence-electron chi connectivity index (χ2n) is 11.2. The molecule has 2 atom stereocenters. The largest absolute Gasteiger partial charge is 0.494 e. The second kappa shape index (κ2) is 14.2. The third kappa shape index (κ3) is 8.99. The fourth-order valence-electron chi connectivity index (χ4n) is 4.89. The third-order valence-electron chi connectivity index (χ3n) is 6.88. The highest BCUT2D eigenvalue weighted by atomic mass is 16.6. The summed E-state index contributed by atoms with van der Waals surface area (Å²) in [6, 6.07) is 16.6. The maximum atomic E-state index is 13.2. The molecule has 1 fully saturated rings. The molecule has 0 unspecified atom stereocenters. The number of likely N-dealkylation sites (tertiary alicyclic amines) is 1. The van der Waals surface area contributed by atoms with Gasteiger partial charge in [-0.15, -0.1) is 0 Å². The summed E-state index contributed by atoms with van der Waals surface area (Å²) in [6.45, 7) is 8.20. The Bertz CT molecular complexity index is 1210. The van der Waals surface area contributed by atoms with Crippen LogP contribution < -0.4 is 20.1 Å². The lowest BCUT2D eigenvalue weighted by molar-refractivity contribution is -0.124. The van der Waals surface area contributed by atoms with Gasteiger partial charge in [-0.25, -0.2) is 4.79 Å². The zero-order valence-electron chi connectivity index (χ0n) is 24.0. The lowest BCUT2D eigenvalue weighted by Crippen LogP contribution is -2.51. The molecule has 1 aromatic heterocycles. The maximum absolute atomic E-state index is 13.2. The van der Waals surface area contributed by atoms with Gasteiger partial charge >= 0.3 is 6.09 Å². The summed E-state index contributed by atoms with van der Waals surface area (Å²) < 4.78 is 16.7. The van der Waals surface area contributed by atoms with Crippen LogP contribution >= 0.6 is 0 Å². The van der Waals surface area contributed by atoms with Gasteiger partial charge in [0.15, 0.2) is 0 Å². The summed E-state index contributed by atoms with van der Waals surface area (Å²) in [6.07, 6.45) is 1.64. The molecule has 2 amide bonds. The standard InChI is InChI=1S/C31H42N4O5/c1-22(2)18-27(33-31(37)40-29-19-24-8-5-6-9-28(24)39-29)30(36)32-25-14-16-35(21-25)20-23-10-12-26(13-11-23)38-17-7-15-34(3)4/h5-6,8-13,19,22,25,27H,7,14-18,20-21H2,1-4H3,(H,32,36)(H,33,37)/t25-,27-/m0/s1. The zero-order valence-corrected chi connectivity index (χ0v) is 24.0. The van der Waals surface area contributed by atoms with E-state index in [4.69, 9.17) is 13.9 Å². The number of amides is 2. The van der Waals surface area contributed by atoms with Crippen molar-refractivity contribution in [2.75, 3.05) is 40.3 Å². The van der Waals surface area contributed by atoms with Crippen molar-refractivity contribution in [2.24, 2.45) is 5.92 Å². The van der Waals surface area contributed by atoms with E-state index in [1.165, 1.54) is 5.56 Å². The van der Waals surface area contributed by atoms with Gasteiger partial charge in [-0.2, -0.15) is 0 Å². The number of hydrogen-bond donors (Lipinski definition) is 2. The van der Waals surface area contributed by atoms with Gasteiger partial charge in [-0.1, -0.05) is 44.2 Å². The van der Waals surface area contributed by atoms with Gasteiger partial charge in [-0.05, 0) is 63.0 Å². The summed E-state index contributed by atoms with van der Waals surface area (Å²) in [5.41, 5.74) is 1.84. The number of benzene rings is 2. The van der Waals surface area contributed by atoms with Gasteiger partial charge in [0.05, 0.1) is 6.61 Å². The Morgan fingerprint density at radius 2 is 1.90 bits per heavy atom. The number of nitrogens with one attached hydrogen (secondary N) is 2. The van der Waals surface area contributed by atoms with Crippen LogP contribution in [0.15, 0.2) is 59.0 Å². The molecule has 2 heterocycles. The second-order valence-corrected chi connectivity index (χ2v) is 11.2. The van der Waals surface area contributed by atoms with Crippen LogP contribution in [0.3, 0.4) is 0 Å². The first-order chi connectivity index (χ1) is 19.2. The number of carbonyl (C=O) groups excluding carboxylic acids is 2.